The van der Waals surface area contributed by atoms with Gasteiger partial charge >= 0.3 is 0 Å². The summed E-state index contributed by atoms with van der Waals surface area (Å²) in [6.07, 6.45) is 0. The van der Waals surface area contributed by atoms with E-state index >= 15 is 0 Å². The van der Waals surface area contributed by atoms with E-state index in [0.29, 0.717) is 17.9 Å². The van der Waals surface area contributed by atoms with E-state index in [0.717, 1.165) is 20.8 Å². The number of amides is 2. The van der Waals surface area contributed by atoms with Crippen LogP contribution in [-0.4, -0.2) is 23.4 Å². The predicted octanol–water partition coefficient (Wildman–Crippen LogP) is 4.94. The highest BCUT2D eigenvalue weighted by molar-refractivity contribution is 7.18. The number of carbonyl (C=O) groups excluding carboxylic acids is 2. The van der Waals surface area contributed by atoms with E-state index in [9.17, 15) is 9.59 Å². The first-order chi connectivity index (χ1) is 15.6. The van der Waals surface area contributed by atoms with Crippen molar-refractivity contribution in [1.29, 1.82) is 0 Å². The molecule has 1 aromatic heterocycles. The van der Waals surface area contributed by atoms with Crippen LogP contribution in [0, 0.1) is 0 Å². The van der Waals surface area contributed by atoms with Crippen molar-refractivity contribution in [3.8, 4) is 0 Å². The summed E-state index contributed by atoms with van der Waals surface area (Å²) in [7, 11) is 0. The van der Waals surface area contributed by atoms with Gasteiger partial charge in [0.25, 0.3) is 5.91 Å². The molecule has 1 unspecified atom stereocenters. The van der Waals surface area contributed by atoms with Gasteiger partial charge in [0.15, 0.2) is 0 Å². The third-order valence-corrected chi connectivity index (χ3v) is 5.86. The highest BCUT2D eigenvalue weighted by atomic mass is 32.1. The molecule has 7 heteroatoms. The van der Waals surface area contributed by atoms with Crippen molar-refractivity contribution in [3.05, 3.63) is 95.0 Å². The van der Waals surface area contributed by atoms with Gasteiger partial charge in [0, 0.05) is 11.3 Å². The predicted molar refractivity (Wildman–Crippen MR) is 127 cm³/mol. The van der Waals surface area contributed by atoms with E-state index in [1.54, 1.807) is 23.5 Å². The molecule has 0 aliphatic heterocycles. The number of para-hydroxylation sites is 1. The molecule has 6 nitrogen and oxygen atoms in total. The van der Waals surface area contributed by atoms with Crippen LogP contribution < -0.4 is 10.6 Å². The number of ether oxygens (including phenoxy) is 1. The second kappa shape index (κ2) is 10.2. The van der Waals surface area contributed by atoms with Gasteiger partial charge in [0.2, 0.25) is 5.91 Å². The van der Waals surface area contributed by atoms with Crippen LogP contribution in [0.4, 0.5) is 5.69 Å². The standard InChI is InChI=1S/C25H23N3O3S/c1-17(19-10-7-11-20(14-19)27-25(30)18-8-3-2-4-9-18)26-23(29)15-31-16-24-28-21-12-5-6-13-22(21)32-24/h2-14,17H,15-16H2,1H3,(H,26,29)(H,27,30). The Hall–Kier alpha value is -3.55. The number of rotatable bonds is 8. The monoisotopic (exact) mass is 445 g/mol. The smallest absolute Gasteiger partial charge is 0.255 e. The maximum Gasteiger partial charge on any atom is 0.255 e. The summed E-state index contributed by atoms with van der Waals surface area (Å²) in [5, 5.41) is 6.66. The molecule has 0 fully saturated rings. The maximum atomic E-state index is 12.4. The van der Waals surface area contributed by atoms with E-state index in [1.807, 2.05) is 73.7 Å². The lowest BCUT2D eigenvalue weighted by molar-refractivity contribution is -0.126. The average Bonchev–Trinajstić information content (AvgIpc) is 3.22. The van der Waals surface area contributed by atoms with Crippen LogP contribution in [0.15, 0.2) is 78.9 Å². The van der Waals surface area contributed by atoms with Crippen LogP contribution in [0.3, 0.4) is 0 Å². The van der Waals surface area contributed by atoms with Gasteiger partial charge in [0.05, 0.1) is 22.9 Å². The summed E-state index contributed by atoms with van der Waals surface area (Å²) >= 11 is 1.56. The third-order valence-electron chi connectivity index (χ3n) is 4.85. The Balaban J connectivity index is 1.28. The molecular weight excluding hydrogens is 422 g/mol. The number of fused-ring (bicyclic) bond motifs is 1. The largest absolute Gasteiger partial charge is 0.364 e. The summed E-state index contributed by atoms with van der Waals surface area (Å²) in [4.78, 5) is 29.2. The van der Waals surface area contributed by atoms with Crippen molar-refractivity contribution in [2.75, 3.05) is 11.9 Å². The molecule has 162 valence electrons. The van der Waals surface area contributed by atoms with Crippen molar-refractivity contribution in [3.63, 3.8) is 0 Å². The van der Waals surface area contributed by atoms with Crippen LogP contribution in [0.2, 0.25) is 0 Å². The van der Waals surface area contributed by atoms with Crippen molar-refractivity contribution < 1.29 is 14.3 Å². The molecule has 1 atom stereocenters. The minimum absolute atomic E-state index is 0.0509. The minimum atomic E-state index is -0.234. The number of nitrogens with zero attached hydrogens (tertiary/aromatic N) is 1. The highest BCUT2D eigenvalue weighted by Gasteiger charge is 2.12. The number of benzene rings is 3. The van der Waals surface area contributed by atoms with Crippen molar-refractivity contribution in [1.82, 2.24) is 10.3 Å². The van der Waals surface area contributed by atoms with Gasteiger partial charge in [0.1, 0.15) is 11.6 Å². The second-order valence-corrected chi connectivity index (χ2v) is 8.42. The molecule has 0 saturated heterocycles. The molecule has 0 radical (unpaired) electrons. The maximum absolute atomic E-state index is 12.4. The molecule has 3 aromatic carbocycles. The zero-order valence-corrected chi connectivity index (χ0v) is 18.4. The van der Waals surface area contributed by atoms with E-state index in [-0.39, 0.29) is 24.5 Å². The highest BCUT2D eigenvalue weighted by Crippen LogP contribution is 2.22. The number of aromatic nitrogens is 1. The molecule has 0 spiro atoms. The van der Waals surface area contributed by atoms with Gasteiger partial charge in [-0.3, -0.25) is 9.59 Å². The molecule has 2 amide bonds. The molecule has 2 N–H and O–H groups in total. The Bertz CT molecular complexity index is 1190. The van der Waals surface area contributed by atoms with Gasteiger partial charge in [-0.15, -0.1) is 11.3 Å². The van der Waals surface area contributed by atoms with E-state index in [1.165, 1.54) is 0 Å². The Morgan fingerprint density at radius 2 is 1.78 bits per heavy atom. The summed E-state index contributed by atoms with van der Waals surface area (Å²) in [6.45, 7) is 2.14. The summed E-state index contributed by atoms with van der Waals surface area (Å²) in [5.41, 5.74) is 3.08. The summed E-state index contributed by atoms with van der Waals surface area (Å²) < 4.78 is 6.65. The summed E-state index contributed by atoms with van der Waals surface area (Å²) in [5.74, 6) is -0.389. The van der Waals surface area contributed by atoms with Gasteiger partial charge in [-0.2, -0.15) is 0 Å². The SMILES string of the molecule is CC(NC(=O)COCc1nc2ccccc2s1)c1cccc(NC(=O)c2ccccc2)c1. The number of anilines is 1. The van der Waals surface area contributed by atoms with Crippen molar-refractivity contribution in [2.24, 2.45) is 0 Å². The molecule has 1 heterocycles. The molecule has 4 rings (SSSR count). The van der Waals surface area contributed by atoms with Crippen LogP contribution >= 0.6 is 11.3 Å². The van der Waals surface area contributed by atoms with Crippen LogP contribution in [0.5, 0.6) is 0 Å². The van der Waals surface area contributed by atoms with E-state index < -0.39 is 0 Å². The number of hydrogen-bond donors (Lipinski definition) is 2. The molecule has 32 heavy (non-hydrogen) atoms. The van der Waals surface area contributed by atoms with Gasteiger partial charge in [-0.25, -0.2) is 4.98 Å². The fraction of sp³-hybridized carbons (Fsp3) is 0.160. The Morgan fingerprint density at radius 1 is 1.00 bits per heavy atom. The quantitative estimate of drug-likeness (QED) is 0.402. The Morgan fingerprint density at radius 3 is 2.59 bits per heavy atom. The Kier molecular flexibility index (Phi) is 6.89. The molecule has 4 aromatic rings. The number of carbonyl (C=O) groups is 2. The zero-order chi connectivity index (χ0) is 22.3. The normalized spacial score (nSPS) is 11.8. The fourth-order valence-corrected chi connectivity index (χ4v) is 4.16. The lowest BCUT2D eigenvalue weighted by Crippen LogP contribution is -2.30. The average molecular weight is 446 g/mol. The van der Waals surface area contributed by atoms with Crippen LogP contribution in [0.1, 0.15) is 33.9 Å². The zero-order valence-electron chi connectivity index (χ0n) is 17.6. The van der Waals surface area contributed by atoms with Crippen LogP contribution in [-0.2, 0) is 16.1 Å². The molecule has 0 aliphatic rings. The van der Waals surface area contributed by atoms with Gasteiger partial charge < -0.3 is 15.4 Å². The van der Waals surface area contributed by atoms with Crippen molar-refractivity contribution in [2.45, 2.75) is 19.6 Å². The molecule has 0 bridgehead atoms. The Labute approximate surface area is 190 Å². The van der Waals surface area contributed by atoms with Gasteiger partial charge in [-0.1, -0.05) is 42.5 Å². The first-order valence-corrected chi connectivity index (χ1v) is 11.1. The lowest BCUT2D eigenvalue weighted by Gasteiger charge is -2.16. The molecule has 0 aliphatic carbocycles. The van der Waals surface area contributed by atoms with Crippen molar-refractivity contribution >= 4 is 39.1 Å². The first kappa shape index (κ1) is 21.7. The third kappa shape index (κ3) is 5.57. The van der Waals surface area contributed by atoms with E-state index in [2.05, 4.69) is 15.6 Å². The number of nitrogens with one attached hydrogen (secondary N) is 2. The van der Waals surface area contributed by atoms with Gasteiger partial charge in [-0.05, 0) is 48.9 Å². The molecule has 0 saturated carbocycles. The second-order valence-electron chi connectivity index (χ2n) is 7.30. The summed E-state index contributed by atoms with van der Waals surface area (Å²) in [6, 6.07) is 24.1. The fourth-order valence-electron chi connectivity index (χ4n) is 3.26. The topological polar surface area (TPSA) is 80.3 Å². The number of hydrogen-bond acceptors (Lipinski definition) is 5. The van der Waals surface area contributed by atoms with E-state index in [4.69, 9.17) is 4.74 Å². The lowest BCUT2D eigenvalue weighted by atomic mass is 10.1. The van der Waals surface area contributed by atoms with Crippen LogP contribution in [0.25, 0.3) is 10.2 Å². The minimum Gasteiger partial charge on any atom is -0.364 e. The molecular formula is C25H23N3O3S. The first-order valence-electron chi connectivity index (χ1n) is 10.3. The number of thiazole rings is 1.